The average molecular weight is 452 g/mol. The summed E-state index contributed by atoms with van der Waals surface area (Å²) >= 11 is 0. The van der Waals surface area contributed by atoms with Crippen LogP contribution in [0.1, 0.15) is 13.8 Å². The van der Waals surface area contributed by atoms with Gasteiger partial charge in [0.1, 0.15) is 12.2 Å². The molecule has 0 saturated heterocycles. The topological polar surface area (TPSA) is 105 Å². The molecule has 1 heterocycles. The lowest BCUT2D eigenvalue weighted by atomic mass is 10.2. The second kappa shape index (κ2) is 8.20. The largest absolute Gasteiger partial charge is 0.523 e. The minimum atomic E-state index is -6.03. The lowest BCUT2D eigenvalue weighted by molar-refractivity contribution is -0.218. The molecule has 1 aliphatic heterocycles. The van der Waals surface area contributed by atoms with Gasteiger partial charge in [-0.25, -0.2) is 0 Å². The summed E-state index contributed by atoms with van der Waals surface area (Å²) in [6, 6.07) is 0. The molecule has 0 aromatic heterocycles. The van der Waals surface area contributed by atoms with Crippen molar-refractivity contribution in [3.8, 4) is 0 Å². The Balaban J connectivity index is 2.93. The summed E-state index contributed by atoms with van der Waals surface area (Å²) < 4.78 is 135. The van der Waals surface area contributed by atoms with Gasteiger partial charge in [0.25, 0.3) is 0 Å². The molecule has 0 radical (unpaired) electrons. The Morgan fingerprint density at radius 2 is 1.48 bits per heavy atom. The third-order valence-corrected chi connectivity index (χ3v) is 4.75. The van der Waals surface area contributed by atoms with Crippen LogP contribution in [0.4, 0.5) is 26.3 Å². The summed E-state index contributed by atoms with van der Waals surface area (Å²) in [6.45, 7) is 1.61. The van der Waals surface area contributed by atoms with Crippen molar-refractivity contribution in [1.82, 2.24) is 0 Å². The minimum absolute atomic E-state index is 0.716. The van der Waals surface area contributed by atoms with Crippen molar-refractivity contribution in [1.29, 1.82) is 0 Å². The van der Waals surface area contributed by atoms with Crippen LogP contribution >= 0.6 is 0 Å². The van der Waals surface area contributed by atoms with Gasteiger partial charge in [-0.1, -0.05) is 12.2 Å². The van der Waals surface area contributed by atoms with Gasteiger partial charge >= 0.3 is 31.3 Å². The Morgan fingerprint density at radius 1 is 0.963 bits per heavy atom. The van der Waals surface area contributed by atoms with Crippen molar-refractivity contribution in [2.24, 2.45) is 0 Å². The van der Waals surface area contributed by atoms with Crippen molar-refractivity contribution in [2.45, 2.75) is 49.5 Å². The number of halogens is 6. The summed E-state index contributed by atoms with van der Waals surface area (Å²) in [5.41, 5.74) is -11.4. The number of rotatable bonds is 7. The van der Waals surface area contributed by atoms with E-state index in [9.17, 15) is 43.2 Å². The van der Waals surface area contributed by atoms with E-state index in [4.69, 9.17) is 9.47 Å². The van der Waals surface area contributed by atoms with Crippen molar-refractivity contribution in [3.63, 3.8) is 0 Å². The Kier molecular flexibility index (Phi) is 7.32. The molecule has 0 aromatic rings. The second-order valence-electron chi connectivity index (χ2n) is 5.26. The predicted octanol–water partition coefficient (Wildman–Crippen LogP) is 1.79. The zero-order chi connectivity index (χ0) is 21.3. The SMILES string of the molecule is CC(C)O[C@H]1O[C@H](COS(=O)(=O)C(F)(F)F)C=C[C@H]1OS(=O)(=O)C(F)(F)F. The van der Waals surface area contributed by atoms with Crippen LogP contribution < -0.4 is 0 Å². The molecule has 16 heteroatoms. The standard InChI is InChI=1S/C11H14F6O8S2/c1-6(2)23-9-8(25-27(20,21)11(15,16)17)4-3-7(24-9)5-22-26(18,19)10(12,13)14/h3-4,6-9H,5H2,1-2H3/t7-,8+,9-/m0/s1. The van der Waals surface area contributed by atoms with E-state index in [0.29, 0.717) is 6.08 Å². The van der Waals surface area contributed by atoms with Crippen LogP contribution in [0.5, 0.6) is 0 Å². The van der Waals surface area contributed by atoms with E-state index in [-0.39, 0.29) is 0 Å². The monoisotopic (exact) mass is 452 g/mol. The van der Waals surface area contributed by atoms with Crippen LogP contribution in [0, 0.1) is 0 Å². The maximum Gasteiger partial charge on any atom is 0.523 e. The maximum absolute atomic E-state index is 12.4. The van der Waals surface area contributed by atoms with Gasteiger partial charge < -0.3 is 9.47 Å². The third kappa shape index (κ3) is 6.56. The number of hydrogen-bond acceptors (Lipinski definition) is 8. The first-order valence-electron chi connectivity index (χ1n) is 6.91. The Labute approximate surface area is 150 Å². The van der Waals surface area contributed by atoms with Crippen molar-refractivity contribution >= 4 is 20.2 Å². The summed E-state index contributed by atoms with van der Waals surface area (Å²) in [7, 11) is -12.0. The van der Waals surface area contributed by atoms with Crippen LogP contribution in [0.25, 0.3) is 0 Å². The smallest absolute Gasteiger partial charge is 0.347 e. The highest BCUT2D eigenvalue weighted by Crippen LogP contribution is 2.30. The molecule has 0 amide bonds. The fraction of sp³-hybridized carbons (Fsp3) is 0.818. The highest BCUT2D eigenvalue weighted by Gasteiger charge is 2.50. The highest BCUT2D eigenvalue weighted by atomic mass is 32.2. The zero-order valence-corrected chi connectivity index (χ0v) is 15.2. The number of alkyl halides is 6. The summed E-state index contributed by atoms with van der Waals surface area (Å²) in [5, 5.41) is 0. The van der Waals surface area contributed by atoms with Gasteiger partial charge in [0.05, 0.1) is 12.7 Å². The first kappa shape index (κ1) is 24.1. The van der Waals surface area contributed by atoms with E-state index >= 15 is 0 Å². The molecule has 0 N–H and O–H groups in total. The van der Waals surface area contributed by atoms with Gasteiger partial charge in [0.15, 0.2) is 6.29 Å². The van der Waals surface area contributed by atoms with Gasteiger partial charge in [-0.2, -0.15) is 43.2 Å². The molecule has 0 spiro atoms. The van der Waals surface area contributed by atoms with Crippen LogP contribution in [-0.2, 0) is 38.1 Å². The Hall–Kier alpha value is -0.940. The molecule has 3 atom stereocenters. The van der Waals surface area contributed by atoms with Gasteiger partial charge in [-0.15, -0.1) is 0 Å². The molecule has 0 bridgehead atoms. The number of ether oxygens (including phenoxy) is 2. The van der Waals surface area contributed by atoms with Gasteiger partial charge in [0.2, 0.25) is 0 Å². The van der Waals surface area contributed by atoms with Gasteiger partial charge in [-0.05, 0) is 13.8 Å². The molecule has 0 fully saturated rings. The molecule has 1 aliphatic rings. The number of hydrogen-bond donors (Lipinski definition) is 0. The summed E-state index contributed by atoms with van der Waals surface area (Å²) in [4.78, 5) is 0. The molecule has 160 valence electrons. The molecule has 0 saturated carbocycles. The average Bonchev–Trinajstić information content (AvgIpc) is 2.44. The lowest BCUT2D eigenvalue weighted by Crippen LogP contribution is -2.44. The molecular formula is C11H14F6O8S2. The Bertz CT molecular complexity index is 740. The Morgan fingerprint density at radius 3 is 1.93 bits per heavy atom. The van der Waals surface area contributed by atoms with E-state index in [1.807, 2.05) is 0 Å². The van der Waals surface area contributed by atoms with Gasteiger partial charge in [0, 0.05) is 0 Å². The van der Waals surface area contributed by atoms with E-state index in [1.165, 1.54) is 13.8 Å². The summed E-state index contributed by atoms with van der Waals surface area (Å²) in [5.74, 6) is 0. The van der Waals surface area contributed by atoms with Gasteiger partial charge in [-0.3, -0.25) is 8.37 Å². The van der Waals surface area contributed by atoms with E-state index in [0.717, 1.165) is 6.08 Å². The zero-order valence-electron chi connectivity index (χ0n) is 13.5. The summed E-state index contributed by atoms with van der Waals surface area (Å²) in [6.07, 6.45) is -4.44. The molecule has 27 heavy (non-hydrogen) atoms. The molecule has 8 nitrogen and oxygen atoms in total. The normalized spacial score (nSPS) is 25.1. The minimum Gasteiger partial charge on any atom is -0.347 e. The molecule has 0 aliphatic carbocycles. The van der Waals surface area contributed by atoms with E-state index < -0.39 is 62.5 Å². The van der Waals surface area contributed by atoms with E-state index in [2.05, 4.69) is 8.37 Å². The second-order valence-corrected chi connectivity index (χ2v) is 8.43. The molecular weight excluding hydrogens is 438 g/mol. The maximum atomic E-state index is 12.4. The lowest BCUT2D eigenvalue weighted by Gasteiger charge is -2.32. The fourth-order valence-corrected chi connectivity index (χ4v) is 2.60. The molecule has 0 unspecified atom stereocenters. The third-order valence-electron chi connectivity index (χ3n) is 2.69. The predicted molar refractivity (Wildman–Crippen MR) is 74.8 cm³/mol. The van der Waals surface area contributed by atoms with Crippen molar-refractivity contribution in [3.05, 3.63) is 12.2 Å². The first-order valence-corrected chi connectivity index (χ1v) is 9.72. The van der Waals surface area contributed by atoms with Crippen molar-refractivity contribution in [2.75, 3.05) is 6.61 Å². The van der Waals surface area contributed by atoms with E-state index in [1.54, 1.807) is 0 Å². The molecule has 0 aromatic carbocycles. The molecule has 1 rings (SSSR count). The highest BCUT2D eigenvalue weighted by molar-refractivity contribution is 7.87. The van der Waals surface area contributed by atoms with Crippen LogP contribution in [0.2, 0.25) is 0 Å². The fourth-order valence-electron chi connectivity index (χ4n) is 1.59. The van der Waals surface area contributed by atoms with Crippen molar-refractivity contribution < 1.29 is 61.0 Å². The van der Waals surface area contributed by atoms with Crippen LogP contribution in [0.3, 0.4) is 0 Å². The quantitative estimate of drug-likeness (QED) is 0.249. The van der Waals surface area contributed by atoms with Crippen LogP contribution in [0.15, 0.2) is 12.2 Å². The first-order chi connectivity index (χ1) is 12.0. The van der Waals surface area contributed by atoms with Crippen LogP contribution in [-0.4, -0.2) is 59.1 Å².